The lowest BCUT2D eigenvalue weighted by atomic mass is 10.3. The molecule has 0 bridgehead atoms. The molecule has 2 N–H and O–H groups in total. The second-order valence-corrected chi connectivity index (χ2v) is 2.66. The molecule has 0 aliphatic carbocycles. The summed E-state index contributed by atoms with van der Waals surface area (Å²) < 4.78 is 0. The first-order chi connectivity index (χ1) is 6.34. The molecule has 0 saturated carbocycles. The van der Waals surface area contributed by atoms with E-state index in [9.17, 15) is 4.79 Å². The summed E-state index contributed by atoms with van der Waals surface area (Å²) in [5.74, 6) is 0.203. The van der Waals surface area contributed by atoms with E-state index in [-0.39, 0.29) is 5.91 Å². The number of amides is 1. The fourth-order valence-corrected chi connectivity index (χ4v) is 1.18. The van der Waals surface area contributed by atoms with E-state index in [1.807, 2.05) is 4.90 Å². The summed E-state index contributed by atoms with van der Waals surface area (Å²) in [7, 11) is 1.79. The van der Waals surface area contributed by atoms with Gasteiger partial charge in [0.15, 0.2) is 0 Å². The fourth-order valence-electron chi connectivity index (χ4n) is 1.18. The summed E-state index contributed by atoms with van der Waals surface area (Å²) in [4.78, 5) is 13.1. The van der Waals surface area contributed by atoms with Crippen molar-refractivity contribution in [2.24, 2.45) is 0 Å². The molecule has 76 valence electrons. The Kier molecular flexibility index (Phi) is 7.24. The van der Waals surface area contributed by atoms with Gasteiger partial charge >= 0.3 is 0 Å². The molecule has 0 unspecified atom stereocenters. The van der Waals surface area contributed by atoms with Crippen molar-refractivity contribution in [2.45, 2.75) is 0 Å². The summed E-state index contributed by atoms with van der Waals surface area (Å²) in [5.41, 5.74) is 0. The van der Waals surface area contributed by atoms with Gasteiger partial charge in [-0.2, -0.15) is 0 Å². The van der Waals surface area contributed by atoms with Gasteiger partial charge in [0.25, 0.3) is 0 Å². The number of carbonyl (C=O) groups excluding carboxylic acids is 1. The molecule has 0 aromatic heterocycles. The van der Waals surface area contributed by atoms with Crippen molar-refractivity contribution in [3.63, 3.8) is 0 Å². The zero-order valence-electron chi connectivity index (χ0n) is 8.31. The highest BCUT2D eigenvalue weighted by Crippen LogP contribution is 1.91. The smallest absolute Gasteiger partial charge is 0.236 e. The number of piperazine rings is 1. The number of carbonyl (C=O) groups is 1. The zero-order valence-corrected chi connectivity index (χ0v) is 8.31. The third kappa shape index (κ3) is 4.65. The van der Waals surface area contributed by atoms with Crippen molar-refractivity contribution in [2.75, 3.05) is 39.8 Å². The minimum atomic E-state index is 0.203. The van der Waals surface area contributed by atoms with Crippen LogP contribution in [0.2, 0.25) is 0 Å². The Morgan fingerprint density at radius 3 is 2.46 bits per heavy atom. The molecule has 1 aliphatic rings. The van der Waals surface area contributed by atoms with E-state index in [0.717, 1.165) is 26.2 Å². The van der Waals surface area contributed by atoms with Crippen LogP contribution in [0.15, 0.2) is 13.2 Å². The highest BCUT2D eigenvalue weighted by Gasteiger charge is 2.14. The maximum atomic E-state index is 11.2. The molecule has 1 aliphatic heterocycles. The van der Waals surface area contributed by atoms with Crippen LogP contribution in [0.25, 0.3) is 0 Å². The van der Waals surface area contributed by atoms with Crippen molar-refractivity contribution in [3.8, 4) is 0 Å². The van der Waals surface area contributed by atoms with Gasteiger partial charge in [-0.25, -0.2) is 0 Å². The lowest BCUT2D eigenvalue weighted by Crippen LogP contribution is -2.48. The van der Waals surface area contributed by atoms with Crippen molar-refractivity contribution in [1.82, 2.24) is 15.5 Å². The van der Waals surface area contributed by atoms with Crippen LogP contribution in [-0.2, 0) is 4.79 Å². The Morgan fingerprint density at radius 2 is 2.00 bits per heavy atom. The van der Waals surface area contributed by atoms with Crippen LogP contribution in [0.4, 0.5) is 0 Å². The van der Waals surface area contributed by atoms with Gasteiger partial charge in [-0.05, 0) is 7.05 Å². The van der Waals surface area contributed by atoms with Gasteiger partial charge < -0.3 is 15.5 Å². The summed E-state index contributed by atoms with van der Waals surface area (Å²) in [5, 5.41) is 6.05. The normalized spacial score (nSPS) is 15.9. The van der Waals surface area contributed by atoms with Crippen LogP contribution >= 0.6 is 0 Å². The molecule has 1 saturated heterocycles. The maximum Gasteiger partial charge on any atom is 0.236 e. The Balaban J connectivity index is 0.000000671. The Hall–Kier alpha value is -0.870. The third-order valence-corrected chi connectivity index (χ3v) is 1.80. The van der Waals surface area contributed by atoms with Crippen molar-refractivity contribution < 1.29 is 4.79 Å². The number of likely N-dealkylation sites (N-methyl/N-ethyl adjacent to an activating group) is 1. The van der Waals surface area contributed by atoms with Crippen LogP contribution < -0.4 is 10.6 Å². The molecule has 0 aromatic rings. The minimum absolute atomic E-state index is 0.203. The number of hydrogen-bond acceptors (Lipinski definition) is 3. The van der Waals surface area contributed by atoms with Crippen LogP contribution in [0.1, 0.15) is 0 Å². The molecular weight excluding hydrogens is 166 g/mol. The molecule has 0 radical (unpaired) electrons. The van der Waals surface area contributed by atoms with Gasteiger partial charge in [0.1, 0.15) is 0 Å². The molecule has 1 fully saturated rings. The minimum Gasteiger partial charge on any atom is -0.339 e. The second-order valence-electron chi connectivity index (χ2n) is 2.66. The lowest BCUT2D eigenvalue weighted by molar-refractivity contribution is -0.130. The van der Waals surface area contributed by atoms with E-state index in [1.54, 1.807) is 7.05 Å². The van der Waals surface area contributed by atoms with Crippen LogP contribution in [0.3, 0.4) is 0 Å². The van der Waals surface area contributed by atoms with E-state index >= 15 is 0 Å². The fraction of sp³-hybridized carbons (Fsp3) is 0.667. The molecule has 1 amide bonds. The number of rotatable bonds is 2. The third-order valence-electron chi connectivity index (χ3n) is 1.80. The van der Waals surface area contributed by atoms with Gasteiger partial charge in [0, 0.05) is 26.2 Å². The molecule has 13 heavy (non-hydrogen) atoms. The Bertz CT molecular complexity index is 144. The summed E-state index contributed by atoms with van der Waals surface area (Å²) >= 11 is 0. The largest absolute Gasteiger partial charge is 0.339 e. The molecule has 4 heteroatoms. The van der Waals surface area contributed by atoms with Crippen molar-refractivity contribution in [3.05, 3.63) is 13.2 Å². The van der Waals surface area contributed by atoms with Gasteiger partial charge in [-0.3, -0.25) is 4.79 Å². The zero-order chi connectivity index (χ0) is 10.1. The number of nitrogens with zero attached hydrogens (tertiary/aromatic N) is 1. The standard InChI is InChI=1S/C7H15N3O.C2H4/c1-8-6-7(11)10-4-2-9-3-5-10;1-2/h8-9H,2-6H2,1H3;1-2H2. The number of nitrogens with one attached hydrogen (secondary N) is 2. The first-order valence-electron chi connectivity index (χ1n) is 4.47. The lowest BCUT2D eigenvalue weighted by Gasteiger charge is -2.27. The second kappa shape index (κ2) is 7.76. The highest BCUT2D eigenvalue weighted by molar-refractivity contribution is 5.78. The van der Waals surface area contributed by atoms with E-state index in [2.05, 4.69) is 23.8 Å². The SMILES string of the molecule is C=C.CNCC(=O)N1CCNCC1. The average Bonchev–Trinajstić information content (AvgIpc) is 2.23. The first kappa shape index (κ1) is 12.1. The van der Waals surface area contributed by atoms with Gasteiger partial charge in [0.2, 0.25) is 5.91 Å². The molecule has 4 nitrogen and oxygen atoms in total. The summed E-state index contributed by atoms with van der Waals surface area (Å²) in [6.45, 7) is 10.0. The molecule has 0 spiro atoms. The maximum absolute atomic E-state index is 11.2. The van der Waals surface area contributed by atoms with Crippen LogP contribution in [0.5, 0.6) is 0 Å². The summed E-state index contributed by atoms with van der Waals surface area (Å²) in [6, 6.07) is 0. The van der Waals surface area contributed by atoms with E-state index < -0.39 is 0 Å². The monoisotopic (exact) mass is 185 g/mol. The van der Waals surface area contributed by atoms with Crippen LogP contribution in [0, 0.1) is 0 Å². The quantitative estimate of drug-likeness (QED) is 0.567. The summed E-state index contributed by atoms with van der Waals surface area (Å²) in [6.07, 6.45) is 0. The topological polar surface area (TPSA) is 44.4 Å². The van der Waals surface area contributed by atoms with Crippen molar-refractivity contribution in [1.29, 1.82) is 0 Å². The Labute approximate surface area is 80.0 Å². The van der Waals surface area contributed by atoms with Crippen LogP contribution in [-0.4, -0.2) is 50.6 Å². The molecule has 0 atom stereocenters. The van der Waals surface area contributed by atoms with Gasteiger partial charge in [0.05, 0.1) is 6.54 Å². The predicted octanol–water partition coefficient (Wildman–Crippen LogP) is -0.560. The van der Waals surface area contributed by atoms with Crippen molar-refractivity contribution >= 4 is 5.91 Å². The highest BCUT2D eigenvalue weighted by atomic mass is 16.2. The van der Waals surface area contributed by atoms with Gasteiger partial charge in [-0.1, -0.05) is 0 Å². The van der Waals surface area contributed by atoms with E-state index in [1.165, 1.54) is 0 Å². The molecule has 1 rings (SSSR count). The Morgan fingerprint density at radius 1 is 1.46 bits per heavy atom. The number of hydrogen-bond donors (Lipinski definition) is 2. The molecular formula is C9H19N3O. The predicted molar refractivity (Wildman–Crippen MR) is 54.6 cm³/mol. The van der Waals surface area contributed by atoms with Gasteiger partial charge in [-0.15, -0.1) is 13.2 Å². The van der Waals surface area contributed by atoms with E-state index in [0.29, 0.717) is 6.54 Å². The van der Waals surface area contributed by atoms with E-state index in [4.69, 9.17) is 0 Å². The molecule has 1 heterocycles. The average molecular weight is 185 g/mol. The first-order valence-corrected chi connectivity index (χ1v) is 4.47. The molecule has 0 aromatic carbocycles.